The smallest absolute Gasteiger partial charge is 0.220 e. The maximum Gasteiger partial charge on any atom is 0.220 e. The Bertz CT molecular complexity index is 671. The van der Waals surface area contributed by atoms with Crippen LogP contribution in [0.3, 0.4) is 0 Å². The minimum absolute atomic E-state index is 0.00474. The summed E-state index contributed by atoms with van der Waals surface area (Å²) in [5, 5.41) is 37.6. The molecule has 0 spiro atoms. The Hall–Kier alpha value is -2.20. The van der Waals surface area contributed by atoms with Crippen molar-refractivity contribution >= 4 is 23.2 Å². The van der Waals surface area contributed by atoms with Crippen LogP contribution in [0, 0.1) is 5.92 Å². The topological polar surface area (TPSA) is 147 Å². The van der Waals surface area contributed by atoms with Crippen LogP contribution in [0.25, 0.3) is 0 Å². The van der Waals surface area contributed by atoms with E-state index in [4.69, 9.17) is 10.4 Å². The zero-order chi connectivity index (χ0) is 27.6. The van der Waals surface area contributed by atoms with Crippen molar-refractivity contribution in [3.05, 3.63) is 0 Å². The highest BCUT2D eigenvalue weighted by molar-refractivity contribution is 5.90. The van der Waals surface area contributed by atoms with E-state index in [1.807, 2.05) is 27.7 Å². The first-order valence-corrected chi connectivity index (χ1v) is 13.3. The van der Waals surface area contributed by atoms with Crippen molar-refractivity contribution in [2.45, 2.75) is 111 Å². The third-order valence-corrected chi connectivity index (χ3v) is 6.88. The molecule has 0 aliphatic carbocycles. The molecule has 0 fully saturated rings. The van der Waals surface area contributed by atoms with Crippen molar-refractivity contribution in [2.75, 3.05) is 26.2 Å². The maximum atomic E-state index is 12.2. The van der Waals surface area contributed by atoms with E-state index in [2.05, 4.69) is 38.5 Å². The lowest BCUT2D eigenvalue weighted by molar-refractivity contribution is -0.122. The molecule has 0 unspecified atom stereocenters. The number of nitrogens with one attached hydrogen (secondary N) is 4. The summed E-state index contributed by atoms with van der Waals surface area (Å²) in [5.74, 6) is 0.322. The Balaban J connectivity index is 4.63. The summed E-state index contributed by atoms with van der Waals surface area (Å²) >= 11 is 0. The number of hydrogen-bond donors (Lipinski definition) is 6. The van der Waals surface area contributed by atoms with Gasteiger partial charge in [0.15, 0.2) is 0 Å². The van der Waals surface area contributed by atoms with Crippen LogP contribution in [-0.4, -0.2) is 70.9 Å². The molecule has 0 aliphatic heterocycles. The van der Waals surface area contributed by atoms with E-state index < -0.39 is 11.1 Å². The van der Waals surface area contributed by atoms with E-state index >= 15 is 0 Å². The average Bonchev–Trinajstić information content (AvgIpc) is 2.82. The molecule has 36 heavy (non-hydrogen) atoms. The monoisotopic (exact) mass is 512 g/mol. The summed E-state index contributed by atoms with van der Waals surface area (Å²) < 4.78 is 0. The lowest BCUT2D eigenvalue weighted by Crippen LogP contribution is -2.47. The van der Waals surface area contributed by atoms with Crippen LogP contribution in [0.5, 0.6) is 0 Å². The predicted octanol–water partition coefficient (Wildman–Crippen LogP) is 3.41. The van der Waals surface area contributed by atoms with Crippen molar-refractivity contribution < 1.29 is 20.0 Å². The van der Waals surface area contributed by atoms with Gasteiger partial charge in [-0.25, -0.2) is 0 Å². The first-order valence-electron chi connectivity index (χ1n) is 13.3. The minimum atomic E-state index is -0.411. The van der Waals surface area contributed by atoms with Crippen molar-refractivity contribution in [1.29, 1.82) is 0 Å². The number of rotatable bonds is 20. The lowest BCUT2D eigenvalue weighted by Gasteiger charge is -2.28. The molecule has 210 valence electrons. The molecule has 0 radical (unpaired) electrons. The van der Waals surface area contributed by atoms with E-state index in [0.717, 1.165) is 45.2 Å². The summed E-state index contributed by atoms with van der Waals surface area (Å²) in [6, 6.07) is 0. The molecule has 0 aromatic heterocycles. The van der Waals surface area contributed by atoms with Crippen LogP contribution in [0.2, 0.25) is 0 Å². The van der Waals surface area contributed by atoms with E-state index in [9.17, 15) is 9.59 Å². The third kappa shape index (κ3) is 15.0. The fourth-order valence-electron chi connectivity index (χ4n) is 3.52. The van der Waals surface area contributed by atoms with Crippen LogP contribution in [0.15, 0.2) is 10.3 Å². The van der Waals surface area contributed by atoms with Gasteiger partial charge in [-0.1, -0.05) is 23.7 Å². The highest BCUT2D eigenvalue weighted by Crippen LogP contribution is 2.15. The van der Waals surface area contributed by atoms with E-state index in [-0.39, 0.29) is 11.8 Å². The van der Waals surface area contributed by atoms with E-state index in [0.29, 0.717) is 49.7 Å². The number of oxime groups is 2. The molecule has 2 amide bonds. The molecule has 10 heteroatoms. The quantitative estimate of drug-likeness (QED) is 0.0637. The normalized spacial score (nSPS) is 13.2. The van der Waals surface area contributed by atoms with Crippen molar-refractivity contribution in [3.8, 4) is 0 Å². The van der Waals surface area contributed by atoms with Crippen LogP contribution in [-0.2, 0) is 9.59 Å². The first kappa shape index (κ1) is 33.8. The molecule has 6 N–H and O–H groups in total. The molecule has 0 bridgehead atoms. The summed E-state index contributed by atoms with van der Waals surface area (Å²) in [5.41, 5.74) is 0.413. The summed E-state index contributed by atoms with van der Waals surface area (Å²) in [6.07, 6.45) is 5.88. The van der Waals surface area contributed by atoms with Crippen molar-refractivity contribution in [1.82, 2.24) is 21.3 Å². The van der Waals surface area contributed by atoms with Gasteiger partial charge in [-0.3, -0.25) is 9.59 Å². The zero-order valence-electron chi connectivity index (χ0n) is 23.7. The second-order valence-corrected chi connectivity index (χ2v) is 10.6. The Morgan fingerprint density at radius 1 is 0.722 bits per heavy atom. The van der Waals surface area contributed by atoms with Crippen molar-refractivity contribution in [3.63, 3.8) is 0 Å². The number of carbonyl (C=O) groups excluding carboxylic acids is 2. The number of nitrogens with zero attached hydrogens (tertiary/aromatic N) is 2. The molecule has 0 saturated heterocycles. The fraction of sp³-hybridized carbons (Fsp3) is 0.846. The average molecular weight is 513 g/mol. The van der Waals surface area contributed by atoms with E-state index in [1.54, 1.807) is 13.8 Å². The Morgan fingerprint density at radius 2 is 1.14 bits per heavy atom. The van der Waals surface area contributed by atoms with Crippen molar-refractivity contribution in [2.24, 2.45) is 16.2 Å². The molecule has 0 aliphatic rings. The van der Waals surface area contributed by atoms with Gasteiger partial charge in [-0.05, 0) is 92.7 Å². The summed E-state index contributed by atoms with van der Waals surface area (Å²) in [7, 11) is 0. The highest BCUT2D eigenvalue weighted by Gasteiger charge is 2.23. The van der Waals surface area contributed by atoms with E-state index in [1.165, 1.54) is 0 Å². The molecule has 0 rings (SSSR count). The SMILES string of the molecule is CCCCNC(=O)CCCC(=O)NCCC(CCNC(C)(C)/C(C)=N\O)CCNC(C)(C)/C(C)=N\O. The molecule has 0 saturated carbocycles. The standard InChI is InChI=1S/C26H52N6O4/c1-8-9-16-27-23(33)11-10-12-24(34)28-17-13-22(14-18-29-25(4,5)20(2)31-35)15-19-30-26(6,7)21(3)32-36/h22,29-30,35-36H,8-19H2,1-7H3,(H,27,33)(H,28,34)/b31-20-,32-21-. The van der Waals surface area contributed by atoms with Crippen LogP contribution < -0.4 is 21.3 Å². The Morgan fingerprint density at radius 3 is 1.56 bits per heavy atom. The molecule has 0 aromatic carbocycles. The molecule has 0 atom stereocenters. The zero-order valence-corrected chi connectivity index (χ0v) is 23.7. The van der Waals surface area contributed by atoms with Crippen LogP contribution >= 0.6 is 0 Å². The van der Waals surface area contributed by atoms with Gasteiger partial charge in [-0.2, -0.15) is 0 Å². The van der Waals surface area contributed by atoms with Gasteiger partial charge in [0.1, 0.15) is 0 Å². The molecule has 0 aromatic rings. The largest absolute Gasteiger partial charge is 0.411 e. The van der Waals surface area contributed by atoms with Gasteiger partial charge in [0.2, 0.25) is 11.8 Å². The van der Waals surface area contributed by atoms with Crippen LogP contribution in [0.1, 0.15) is 99.8 Å². The van der Waals surface area contributed by atoms with Gasteiger partial charge in [0.25, 0.3) is 0 Å². The second-order valence-electron chi connectivity index (χ2n) is 10.6. The summed E-state index contributed by atoms with van der Waals surface area (Å²) in [6.45, 7) is 16.3. The van der Waals surface area contributed by atoms with Gasteiger partial charge >= 0.3 is 0 Å². The van der Waals surface area contributed by atoms with Gasteiger partial charge in [0, 0.05) is 25.9 Å². The molecule has 10 nitrogen and oxygen atoms in total. The van der Waals surface area contributed by atoms with Gasteiger partial charge in [-0.15, -0.1) is 0 Å². The summed E-state index contributed by atoms with van der Waals surface area (Å²) in [4.78, 5) is 24.0. The maximum absolute atomic E-state index is 12.2. The Kier molecular flexibility index (Phi) is 17.0. The number of hydrogen-bond acceptors (Lipinski definition) is 8. The first-order chi connectivity index (χ1) is 16.9. The van der Waals surface area contributed by atoms with Crippen LogP contribution in [0.4, 0.5) is 0 Å². The predicted molar refractivity (Wildman–Crippen MR) is 146 cm³/mol. The van der Waals surface area contributed by atoms with Gasteiger partial charge in [0.05, 0.1) is 22.5 Å². The highest BCUT2D eigenvalue weighted by atomic mass is 16.4. The number of carbonyl (C=O) groups is 2. The third-order valence-electron chi connectivity index (χ3n) is 6.88. The number of amides is 2. The second kappa shape index (κ2) is 18.1. The minimum Gasteiger partial charge on any atom is -0.411 e. The number of unbranched alkanes of at least 4 members (excludes halogenated alkanes) is 1. The molecular formula is C26H52N6O4. The molecule has 0 heterocycles. The lowest BCUT2D eigenvalue weighted by atomic mass is 9.94. The fourth-order valence-corrected chi connectivity index (χ4v) is 3.52. The van der Waals surface area contributed by atoms with Gasteiger partial charge < -0.3 is 31.7 Å². The molecular weight excluding hydrogens is 460 g/mol. The Labute approximate surface area is 218 Å².